The van der Waals surface area contributed by atoms with Crippen molar-refractivity contribution in [2.45, 2.75) is 18.0 Å². The van der Waals surface area contributed by atoms with Crippen LogP contribution in [0.5, 0.6) is 5.75 Å². The standard InChI is InChI=1S/C30H23N7O4S/c1-3-19-6-5-9-23-25(19)30(39)36(15-18-10-12-22(13-11-18)42(2,40)41)24(34-23)16-37-29-26(28(31)32-17-33-29)27(35-37)20-7-4-8-21(38)14-20/h1,4-14,17,38H,15-16H2,2H3,(H2,31,32,33). The molecule has 0 aliphatic rings. The molecule has 0 spiro atoms. The lowest BCUT2D eigenvalue weighted by Crippen LogP contribution is -2.28. The van der Waals surface area contributed by atoms with Crippen molar-refractivity contribution in [1.29, 1.82) is 0 Å². The minimum Gasteiger partial charge on any atom is -0.508 e. The molecule has 3 N–H and O–H groups in total. The number of aromatic hydroxyl groups is 1. The van der Waals surface area contributed by atoms with Gasteiger partial charge in [-0.2, -0.15) is 5.10 Å². The van der Waals surface area contributed by atoms with Crippen LogP contribution in [0.3, 0.4) is 0 Å². The van der Waals surface area contributed by atoms with Crippen LogP contribution in [-0.2, 0) is 22.9 Å². The first kappa shape index (κ1) is 26.7. The third-order valence-electron chi connectivity index (χ3n) is 6.88. The number of rotatable bonds is 6. The molecule has 0 unspecified atom stereocenters. The number of hydrogen-bond donors (Lipinski definition) is 2. The summed E-state index contributed by atoms with van der Waals surface area (Å²) in [5.41, 5.74) is 8.89. The van der Waals surface area contributed by atoms with Crippen LogP contribution in [0.4, 0.5) is 5.82 Å². The van der Waals surface area contributed by atoms with Crippen molar-refractivity contribution in [3.8, 4) is 29.4 Å². The minimum absolute atomic E-state index is 0.0264. The third kappa shape index (κ3) is 4.71. The van der Waals surface area contributed by atoms with Gasteiger partial charge in [-0.25, -0.2) is 28.1 Å². The quantitative estimate of drug-likeness (QED) is 0.284. The topological polar surface area (TPSA) is 159 Å². The molecule has 11 nitrogen and oxygen atoms in total. The highest BCUT2D eigenvalue weighted by atomic mass is 32.2. The largest absolute Gasteiger partial charge is 0.508 e. The smallest absolute Gasteiger partial charge is 0.263 e. The van der Waals surface area contributed by atoms with Crippen molar-refractivity contribution < 1.29 is 13.5 Å². The van der Waals surface area contributed by atoms with Gasteiger partial charge in [0.2, 0.25) is 0 Å². The van der Waals surface area contributed by atoms with Crippen molar-refractivity contribution in [2.24, 2.45) is 0 Å². The summed E-state index contributed by atoms with van der Waals surface area (Å²) in [6, 6.07) is 18.0. The Morgan fingerprint density at radius 3 is 2.48 bits per heavy atom. The second-order valence-corrected chi connectivity index (χ2v) is 11.7. The number of aromatic nitrogens is 6. The molecule has 208 valence electrons. The molecule has 3 heterocycles. The van der Waals surface area contributed by atoms with Crippen LogP contribution in [0.15, 0.2) is 82.7 Å². The Morgan fingerprint density at radius 2 is 1.76 bits per heavy atom. The summed E-state index contributed by atoms with van der Waals surface area (Å²) < 4.78 is 27.0. The van der Waals surface area contributed by atoms with Crippen molar-refractivity contribution in [3.63, 3.8) is 0 Å². The highest BCUT2D eigenvalue weighted by molar-refractivity contribution is 7.90. The van der Waals surface area contributed by atoms with E-state index >= 15 is 0 Å². The number of nitrogens with two attached hydrogens (primary N) is 1. The van der Waals surface area contributed by atoms with E-state index in [0.29, 0.717) is 50.1 Å². The van der Waals surface area contributed by atoms with Gasteiger partial charge in [0.05, 0.1) is 27.7 Å². The van der Waals surface area contributed by atoms with Crippen molar-refractivity contribution in [1.82, 2.24) is 29.3 Å². The normalized spacial score (nSPS) is 11.6. The minimum atomic E-state index is -3.39. The maximum atomic E-state index is 14.0. The lowest BCUT2D eigenvalue weighted by Gasteiger charge is -2.15. The number of benzene rings is 3. The average Bonchev–Trinajstić information content (AvgIpc) is 3.34. The molecule has 6 aromatic rings. The molecule has 42 heavy (non-hydrogen) atoms. The van der Waals surface area contributed by atoms with Gasteiger partial charge in [-0.1, -0.05) is 36.3 Å². The van der Waals surface area contributed by atoms with Crippen LogP contribution >= 0.6 is 0 Å². The molecule has 0 fully saturated rings. The highest BCUT2D eigenvalue weighted by Gasteiger charge is 2.21. The molecular weight excluding hydrogens is 554 g/mol. The van der Waals surface area contributed by atoms with E-state index in [9.17, 15) is 18.3 Å². The van der Waals surface area contributed by atoms with Crippen LogP contribution in [0.1, 0.15) is 17.0 Å². The zero-order valence-electron chi connectivity index (χ0n) is 22.3. The molecule has 0 radical (unpaired) electrons. The van der Waals surface area contributed by atoms with Gasteiger partial charge in [0.1, 0.15) is 36.0 Å². The number of phenolic OH excluding ortho intramolecular Hbond substituents is 1. The Bertz CT molecular complexity index is 2230. The molecule has 0 aliphatic heterocycles. The maximum absolute atomic E-state index is 14.0. The van der Waals surface area contributed by atoms with Crippen LogP contribution in [0.25, 0.3) is 33.2 Å². The van der Waals surface area contributed by atoms with Gasteiger partial charge in [0.15, 0.2) is 15.5 Å². The number of nitrogen functional groups attached to an aromatic ring is 1. The van der Waals surface area contributed by atoms with Gasteiger partial charge in [-0.05, 0) is 42.0 Å². The molecule has 0 aliphatic carbocycles. The summed E-state index contributed by atoms with van der Waals surface area (Å²) in [5, 5.41) is 15.6. The molecular formula is C30H23N7O4S. The van der Waals surface area contributed by atoms with Gasteiger partial charge < -0.3 is 10.8 Å². The number of phenols is 1. The van der Waals surface area contributed by atoms with Crippen LogP contribution in [-0.4, -0.2) is 49.1 Å². The molecule has 12 heteroatoms. The summed E-state index contributed by atoms with van der Waals surface area (Å²) >= 11 is 0. The van der Waals surface area contributed by atoms with E-state index in [0.717, 1.165) is 6.26 Å². The Kier molecular flexibility index (Phi) is 6.44. The van der Waals surface area contributed by atoms with Crippen LogP contribution in [0.2, 0.25) is 0 Å². The predicted molar refractivity (Wildman–Crippen MR) is 159 cm³/mol. The Hall–Kier alpha value is -5.54. The number of sulfone groups is 1. The second-order valence-electron chi connectivity index (χ2n) is 9.69. The van der Waals surface area contributed by atoms with E-state index in [1.54, 1.807) is 59.3 Å². The molecule has 3 aromatic heterocycles. The number of anilines is 1. The average molecular weight is 578 g/mol. The van der Waals surface area contributed by atoms with Crippen LogP contribution < -0.4 is 11.3 Å². The van der Waals surface area contributed by atoms with Crippen molar-refractivity contribution in [2.75, 3.05) is 12.0 Å². The van der Waals surface area contributed by atoms with E-state index in [2.05, 4.69) is 15.9 Å². The van der Waals surface area contributed by atoms with E-state index in [1.165, 1.54) is 23.0 Å². The van der Waals surface area contributed by atoms with E-state index < -0.39 is 9.84 Å². The second kappa shape index (κ2) is 10.1. The van der Waals surface area contributed by atoms with Gasteiger partial charge in [0.25, 0.3) is 5.56 Å². The summed E-state index contributed by atoms with van der Waals surface area (Å²) in [6.45, 7) is 0.119. The fourth-order valence-electron chi connectivity index (χ4n) is 4.87. The zero-order chi connectivity index (χ0) is 29.6. The SMILES string of the molecule is C#Cc1cccc2nc(Cn3nc(-c4cccc(O)c4)c4c(N)ncnc43)n(Cc3ccc(S(C)(=O)=O)cc3)c(=O)c12. The highest BCUT2D eigenvalue weighted by Crippen LogP contribution is 2.32. The molecule has 0 saturated carbocycles. The fourth-order valence-corrected chi connectivity index (χ4v) is 5.50. The molecule has 0 bridgehead atoms. The number of fused-ring (bicyclic) bond motifs is 2. The first-order valence-corrected chi connectivity index (χ1v) is 14.6. The molecule has 0 saturated heterocycles. The first-order chi connectivity index (χ1) is 20.1. The predicted octanol–water partition coefficient (Wildman–Crippen LogP) is 2.97. The molecule has 3 aromatic carbocycles. The van der Waals surface area contributed by atoms with Crippen molar-refractivity contribution in [3.05, 3.63) is 100 Å². The molecule has 6 rings (SSSR count). The van der Waals surface area contributed by atoms with Gasteiger partial charge in [-0.3, -0.25) is 9.36 Å². The summed E-state index contributed by atoms with van der Waals surface area (Å²) in [6.07, 6.45) is 8.17. The Labute approximate surface area is 239 Å². The van der Waals surface area contributed by atoms with Gasteiger partial charge >= 0.3 is 0 Å². The lowest BCUT2D eigenvalue weighted by molar-refractivity contribution is 0.475. The van der Waals surface area contributed by atoms with E-state index in [4.69, 9.17) is 22.2 Å². The van der Waals surface area contributed by atoms with Gasteiger partial charge in [-0.15, -0.1) is 6.42 Å². The Balaban J connectivity index is 1.54. The number of hydrogen-bond acceptors (Lipinski definition) is 9. The van der Waals surface area contributed by atoms with Gasteiger partial charge in [0, 0.05) is 17.4 Å². The van der Waals surface area contributed by atoms with Crippen LogP contribution in [0, 0.1) is 12.3 Å². The van der Waals surface area contributed by atoms with Crippen molar-refractivity contribution >= 4 is 37.6 Å². The van der Waals surface area contributed by atoms with E-state index in [-0.39, 0.29) is 35.1 Å². The van der Waals surface area contributed by atoms with E-state index in [1.807, 2.05) is 0 Å². The first-order valence-electron chi connectivity index (χ1n) is 12.7. The lowest BCUT2D eigenvalue weighted by atomic mass is 10.1. The summed E-state index contributed by atoms with van der Waals surface area (Å²) in [5.74, 6) is 3.19. The third-order valence-corrected chi connectivity index (χ3v) is 8.01. The monoisotopic (exact) mass is 577 g/mol. The summed E-state index contributed by atoms with van der Waals surface area (Å²) in [4.78, 5) is 27.5. The molecule has 0 amide bonds. The molecule has 0 atom stereocenters. The number of nitrogens with zero attached hydrogens (tertiary/aromatic N) is 6. The Morgan fingerprint density at radius 1 is 1.00 bits per heavy atom. The fraction of sp³-hybridized carbons (Fsp3) is 0.100. The number of terminal acetylenes is 1. The zero-order valence-corrected chi connectivity index (χ0v) is 23.1. The maximum Gasteiger partial charge on any atom is 0.263 e. The summed E-state index contributed by atoms with van der Waals surface area (Å²) in [7, 11) is -3.39.